The fourth-order valence-electron chi connectivity index (χ4n) is 1.51. The summed E-state index contributed by atoms with van der Waals surface area (Å²) in [5.41, 5.74) is 2.65. The van der Waals surface area contributed by atoms with Gasteiger partial charge in [-0.15, -0.1) is 11.3 Å². The summed E-state index contributed by atoms with van der Waals surface area (Å²) in [7, 11) is 0. The summed E-state index contributed by atoms with van der Waals surface area (Å²) < 4.78 is 0. The first kappa shape index (κ1) is 9.61. The SMILES string of the molecule is O=C(Cc1cscn1)N1CCNCC1. The number of rotatable bonds is 2. The van der Waals surface area contributed by atoms with Crippen LogP contribution in [0.5, 0.6) is 0 Å². The Bertz CT molecular complexity index is 293. The number of nitrogens with zero attached hydrogens (tertiary/aromatic N) is 2. The molecular weight excluding hydrogens is 198 g/mol. The molecule has 1 aromatic rings. The lowest BCUT2D eigenvalue weighted by Crippen LogP contribution is -2.46. The molecule has 1 saturated heterocycles. The summed E-state index contributed by atoms with van der Waals surface area (Å²) in [6, 6.07) is 0. The minimum absolute atomic E-state index is 0.192. The third-order valence-corrected chi connectivity index (χ3v) is 2.92. The first-order valence-electron chi connectivity index (χ1n) is 4.72. The summed E-state index contributed by atoms with van der Waals surface area (Å²) in [4.78, 5) is 17.7. The van der Waals surface area contributed by atoms with Crippen molar-refractivity contribution in [2.75, 3.05) is 26.2 Å². The van der Waals surface area contributed by atoms with Crippen molar-refractivity contribution >= 4 is 17.2 Å². The van der Waals surface area contributed by atoms with E-state index in [1.54, 1.807) is 5.51 Å². The van der Waals surface area contributed by atoms with Crippen molar-refractivity contribution in [3.8, 4) is 0 Å². The lowest BCUT2D eigenvalue weighted by Gasteiger charge is -2.27. The van der Waals surface area contributed by atoms with Gasteiger partial charge >= 0.3 is 0 Å². The van der Waals surface area contributed by atoms with Gasteiger partial charge in [-0.1, -0.05) is 0 Å². The number of piperazine rings is 1. The second-order valence-corrected chi connectivity index (χ2v) is 4.01. The Kier molecular flexibility index (Phi) is 3.10. The Labute approximate surface area is 86.9 Å². The quantitative estimate of drug-likeness (QED) is 0.755. The van der Waals surface area contributed by atoms with Crippen molar-refractivity contribution in [3.63, 3.8) is 0 Å². The van der Waals surface area contributed by atoms with Gasteiger partial charge in [-0.05, 0) is 0 Å². The first-order valence-corrected chi connectivity index (χ1v) is 5.66. The monoisotopic (exact) mass is 211 g/mol. The predicted octanol–water partition coefficient (Wildman–Crippen LogP) is 0.117. The average Bonchev–Trinajstić information content (AvgIpc) is 2.72. The Hall–Kier alpha value is -0.940. The van der Waals surface area contributed by atoms with E-state index in [2.05, 4.69) is 10.3 Å². The van der Waals surface area contributed by atoms with E-state index in [9.17, 15) is 4.79 Å². The zero-order valence-electron chi connectivity index (χ0n) is 7.90. The largest absolute Gasteiger partial charge is 0.340 e. The molecule has 1 aliphatic heterocycles. The fourth-order valence-corrected chi connectivity index (χ4v) is 2.06. The maximum absolute atomic E-state index is 11.7. The number of carbonyl (C=O) groups is 1. The van der Waals surface area contributed by atoms with Crippen LogP contribution in [0.1, 0.15) is 5.69 Å². The molecule has 2 heterocycles. The molecule has 0 aliphatic carbocycles. The predicted molar refractivity (Wildman–Crippen MR) is 55.3 cm³/mol. The van der Waals surface area contributed by atoms with E-state index in [-0.39, 0.29) is 5.91 Å². The number of hydrogen-bond donors (Lipinski definition) is 1. The molecule has 1 aliphatic rings. The second kappa shape index (κ2) is 4.52. The van der Waals surface area contributed by atoms with Crippen LogP contribution in [0, 0.1) is 0 Å². The van der Waals surface area contributed by atoms with Gasteiger partial charge in [0.2, 0.25) is 5.91 Å². The van der Waals surface area contributed by atoms with Gasteiger partial charge in [0.15, 0.2) is 0 Å². The van der Waals surface area contributed by atoms with Crippen molar-refractivity contribution in [1.29, 1.82) is 0 Å². The zero-order chi connectivity index (χ0) is 9.80. The van der Waals surface area contributed by atoms with Crippen molar-refractivity contribution in [3.05, 3.63) is 16.6 Å². The number of aromatic nitrogens is 1. The summed E-state index contributed by atoms with van der Waals surface area (Å²) >= 11 is 1.53. The Morgan fingerprint density at radius 3 is 3.00 bits per heavy atom. The zero-order valence-corrected chi connectivity index (χ0v) is 8.72. The molecule has 4 nitrogen and oxygen atoms in total. The van der Waals surface area contributed by atoms with Crippen molar-refractivity contribution < 1.29 is 4.79 Å². The van der Waals surface area contributed by atoms with E-state index < -0.39 is 0 Å². The average molecular weight is 211 g/mol. The van der Waals surface area contributed by atoms with E-state index in [0.29, 0.717) is 6.42 Å². The number of carbonyl (C=O) groups excluding carboxylic acids is 1. The molecule has 0 aromatic carbocycles. The fraction of sp³-hybridized carbons (Fsp3) is 0.556. The highest BCUT2D eigenvalue weighted by Crippen LogP contribution is 2.04. The van der Waals surface area contributed by atoms with Crippen LogP contribution in [0.2, 0.25) is 0 Å². The van der Waals surface area contributed by atoms with Crippen molar-refractivity contribution in [2.24, 2.45) is 0 Å². The molecule has 1 amide bonds. The van der Waals surface area contributed by atoms with Crippen molar-refractivity contribution in [2.45, 2.75) is 6.42 Å². The van der Waals surface area contributed by atoms with Gasteiger partial charge < -0.3 is 10.2 Å². The molecule has 5 heteroatoms. The molecule has 0 unspecified atom stereocenters. The Morgan fingerprint density at radius 1 is 1.57 bits per heavy atom. The molecule has 0 radical (unpaired) electrons. The van der Waals surface area contributed by atoms with Gasteiger partial charge in [0.1, 0.15) is 0 Å². The van der Waals surface area contributed by atoms with Crippen LogP contribution in [0.4, 0.5) is 0 Å². The van der Waals surface area contributed by atoms with Crippen LogP contribution in [-0.4, -0.2) is 42.0 Å². The second-order valence-electron chi connectivity index (χ2n) is 3.29. The standard InChI is InChI=1S/C9H13N3OS/c13-9(5-8-6-14-7-11-8)12-3-1-10-2-4-12/h6-7,10H,1-5H2. The van der Waals surface area contributed by atoms with E-state index in [0.717, 1.165) is 31.9 Å². The molecule has 1 N–H and O–H groups in total. The number of amides is 1. The van der Waals surface area contributed by atoms with Gasteiger partial charge in [0.25, 0.3) is 0 Å². The highest BCUT2D eigenvalue weighted by Gasteiger charge is 2.16. The number of thiazole rings is 1. The van der Waals surface area contributed by atoms with Gasteiger partial charge in [-0.3, -0.25) is 4.79 Å². The van der Waals surface area contributed by atoms with E-state index in [1.165, 1.54) is 11.3 Å². The van der Waals surface area contributed by atoms with Crippen LogP contribution in [0.25, 0.3) is 0 Å². The molecule has 0 bridgehead atoms. The van der Waals surface area contributed by atoms with E-state index in [1.807, 2.05) is 10.3 Å². The number of nitrogens with one attached hydrogen (secondary N) is 1. The molecule has 0 atom stereocenters. The minimum atomic E-state index is 0.192. The van der Waals surface area contributed by atoms with Crippen molar-refractivity contribution in [1.82, 2.24) is 15.2 Å². The third-order valence-electron chi connectivity index (χ3n) is 2.29. The number of hydrogen-bond acceptors (Lipinski definition) is 4. The molecule has 0 saturated carbocycles. The van der Waals surface area contributed by atoms with E-state index in [4.69, 9.17) is 0 Å². The van der Waals surface area contributed by atoms with Crippen LogP contribution >= 0.6 is 11.3 Å². The summed E-state index contributed by atoms with van der Waals surface area (Å²) in [5, 5.41) is 5.15. The summed E-state index contributed by atoms with van der Waals surface area (Å²) in [6.07, 6.45) is 0.448. The third kappa shape index (κ3) is 2.30. The topological polar surface area (TPSA) is 45.2 Å². The highest BCUT2D eigenvalue weighted by atomic mass is 32.1. The molecule has 0 spiro atoms. The normalized spacial score (nSPS) is 17.0. The molecule has 2 rings (SSSR count). The van der Waals surface area contributed by atoms with Crippen LogP contribution in [0.3, 0.4) is 0 Å². The van der Waals surface area contributed by atoms with Gasteiger partial charge in [0, 0.05) is 31.6 Å². The van der Waals surface area contributed by atoms with Crippen LogP contribution in [0.15, 0.2) is 10.9 Å². The molecule has 76 valence electrons. The molecule has 1 fully saturated rings. The maximum Gasteiger partial charge on any atom is 0.228 e. The Morgan fingerprint density at radius 2 is 2.36 bits per heavy atom. The molecule has 1 aromatic heterocycles. The van der Waals surface area contributed by atoms with Gasteiger partial charge in [0.05, 0.1) is 17.6 Å². The molecular formula is C9H13N3OS. The van der Waals surface area contributed by atoms with E-state index >= 15 is 0 Å². The highest BCUT2D eigenvalue weighted by molar-refractivity contribution is 7.07. The van der Waals surface area contributed by atoms with Gasteiger partial charge in [-0.25, -0.2) is 4.98 Å². The van der Waals surface area contributed by atoms with Crippen LogP contribution in [-0.2, 0) is 11.2 Å². The minimum Gasteiger partial charge on any atom is -0.340 e. The smallest absolute Gasteiger partial charge is 0.228 e. The lowest BCUT2D eigenvalue weighted by molar-refractivity contribution is -0.131. The maximum atomic E-state index is 11.7. The lowest BCUT2D eigenvalue weighted by atomic mass is 10.2. The first-order chi connectivity index (χ1) is 6.86. The molecule has 14 heavy (non-hydrogen) atoms. The van der Waals surface area contributed by atoms with Gasteiger partial charge in [-0.2, -0.15) is 0 Å². The Balaban J connectivity index is 1.88. The van der Waals surface area contributed by atoms with Crippen LogP contribution < -0.4 is 5.32 Å². The summed E-state index contributed by atoms with van der Waals surface area (Å²) in [6.45, 7) is 3.46. The summed E-state index contributed by atoms with van der Waals surface area (Å²) in [5.74, 6) is 0.192.